The molecule has 1 heterocycles. The Morgan fingerprint density at radius 1 is 1.13 bits per heavy atom. The quantitative estimate of drug-likeness (QED) is 0.780. The van der Waals surface area contributed by atoms with E-state index in [9.17, 15) is 4.79 Å². The fraction of sp³-hybridized carbons (Fsp3) is 0.118. The van der Waals surface area contributed by atoms with Crippen molar-refractivity contribution in [3.63, 3.8) is 0 Å². The first-order chi connectivity index (χ1) is 11.0. The van der Waals surface area contributed by atoms with E-state index in [0.29, 0.717) is 28.0 Å². The molecule has 3 rings (SSSR count). The van der Waals surface area contributed by atoms with Gasteiger partial charge in [-0.2, -0.15) is 4.98 Å². The molecular weight excluding hydrogens is 314 g/mol. The zero-order valence-electron chi connectivity index (χ0n) is 12.6. The van der Waals surface area contributed by atoms with Crippen LogP contribution < -0.4 is 5.32 Å². The third-order valence-electron chi connectivity index (χ3n) is 3.45. The Morgan fingerprint density at radius 3 is 2.52 bits per heavy atom. The minimum Gasteiger partial charge on any atom is -0.339 e. The van der Waals surface area contributed by atoms with Crippen LogP contribution >= 0.6 is 11.6 Å². The van der Waals surface area contributed by atoms with E-state index in [1.807, 2.05) is 13.0 Å². The largest absolute Gasteiger partial charge is 0.339 e. The molecule has 0 saturated carbocycles. The van der Waals surface area contributed by atoms with E-state index in [4.69, 9.17) is 16.1 Å². The number of benzene rings is 2. The van der Waals surface area contributed by atoms with Crippen molar-refractivity contribution in [2.24, 2.45) is 0 Å². The Hall–Kier alpha value is -2.66. The van der Waals surface area contributed by atoms with Gasteiger partial charge < -0.3 is 9.84 Å². The zero-order chi connectivity index (χ0) is 16.4. The van der Waals surface area contributed by atoms with Gasteiger partial charge in [-0.1, -0.05) is 35.0 Å². The lowest BCUT2D eigenvalue weighted by molar-refractivity contribution is 0.102. The maximum Gasteiger partial charge on any atom is 0.255 e. The van der Waals surface area contributed by atoms with Crippen LogP contribution in [0.2, 0.25) is 5.02 Å². The molecule has 1 N–H and O–H groups in total. The molecule has 0 aliphatic rings. The monoisotopic (exact) mass is 327 g/mol. The molecule has 0 aliphatic carbocycles. The highest BCUT2D eigenvalue weighted by atomic mass is 35.5. The van der Waals surface area contributed by atoms with Crippen LogP contribution in [0.25, 0.3) is 11.4 Å². The highest BCUT2D eigenvalue weighted by Gasteiger charge is 2.11. The average Bonchev–Trinajstić information content (AvgIpc) is 2.98. The van der Waals surface area contributed by atoms with Gasteiger partial charge in [0, 0.05) is 28.8 Å². The topological polar surface area (TPSA) is 68.0 Å². The van der Waals surface area contributed by atoms with Crippen molar-refractivity contribution in [1.29, 1.82) is 0 Å². The fourth-order valence-electron chi connectivity index (χ4n) is 2.12. The second-order valence-corrected chi connectivity index (χ2v) is 5.49. The summed E-state index contributed by atoms with van der Waals surface area (Å²) in [5.74, 6) is 0.796. The Kier molecular flexibility index (Phi) is 4.12. The summed E-state index contributed by atoms with van der Waals surface area (Å²) in [6.07, 6.45) is 0. The van der Waals surface area contributed by atoms with Crippen molar-refractivity contribution in [3.05, 3.63) is 64.5 Å². The minimum atomic E-state index is -0.203. The first-order valence-corrected chi connectivity index (χ1v) is 7.39. The molecule has 0 unspecified atom stereocenters. The molecule has 116 valence electrons. The Morgan fingerprint density at radius 2 is 1.87 bits per heavy atom. The summed E-state index contributed by atoms with van der Waals surface area (Å²) in [6.45, 7) is 3.59. The first-order valence-electron chi connectivity index (χ1n) is 7.02. The molecule has 5 nitrogen and oxygen atoms in total. The lowest BCUT2D eigenvalue weighted by Gasteiger charge is -2.09. The molecule has 23 heavy (non-hydrogen) atoms. The smallest absolute Gasteiger partial charge is 0.255 e. The van der Waals surface area contributed by atoms with Crippen molar-refractivity contribution in [1.82, 2.24) is 10.1 Å². The summed E-state index contributed by atoms with van der Waals surface area (Å²) in [5, 5.41) is 7.32. The maximum atomic E-state index is 12.3. The number of nitrogens with one attached hydrogen (secondary N) is 1. The van der Waals surface area contributed by atoms with Crippen LogP contribution in [0.5, 0.6) is 0 Å². The summed E-state index contributed by atoms with van der Waals surface area (Å²) >= 11 is 6.06. The minimum absolute atomic E-state index is 0.203. The van der Waals surface area contributed by atoms with Crippen LogP contribution in [0, 0.1) is 13.8 Å². The summed E-state index contributed by atoms with van der Waals surface area (Å²) in [6, 6.07) is 12.4. The van der Waals surface area contributed by atoms with Crippen molar-refractivity contribution in [3.8, 4) is 11.4 Å². The van der Waals surface area contributed by atoms with E-state index in [2.05, 4.69) is 15.5 Å². The molecule has 2 aromatic carbocycles. The van der Waals surface area contributed by atoms with E-state index in [1.165, 1.54) is 0 Å². The summed E-state index contributed by atoms with van der Waals surface area (Å²) in [5.41, 5.74) is 2.85. The van der Waals surface area contributed by atoms with Gasteiger partial charge in [0.25, 0.3) is 5.91 Å². The van der Waals surface area contributed by atoms with Gasteiger partial charge in [0.2, 0.25) is 11.7 Å². The lowest BCUT2D eigenvalue weighted by Crippen LogP contribution is -2.12. The molecule has 0 radical (unpaired) electrons. The number of aryl methyl sites for hydroxylation is 1. The number of carbonyl (C=O) groups is 1. The Labute approximate surface area is 138 Å². The fourth-order valence-corrected chi connectivity index (χ4v) is 2.30. The number of halogens is 1. The van der Waals surface area contributed by atoms with Gasteiger partial charge in [-0.3, -0.25) is 4.79 Å². The van der Waals surface area contributed by atoms with Gasteiger partial charge in [-0.15, -0.1) is 0 Å². The number of rotatable bonds is 3. The normalized spacial score (nSPS) is 10.6. The number of aromatic nitrogens is 2. The molecule has 6 heteroatoms. The summed E-state index contributed by atoms with van der Waals surface area (Å²) in [4.78, 5) is 16.5. The standard InChI is InChI=1S/C17H14ClN3O2/c1-10-14(18)4-3-5-15(10)20-17(22)13-8-6-12(7-9-13)16-19-11(2)23-21-16/h3-9H,1-2H3,(H,20,22). The van der Waals surface area contributed by atoms with Crippen molar-refractivity contribution in [2.75, 3.05) is 5.32 Å². The van der Waals surface area contributed by atoms with Gasteiger partial charge in [-0.25, -0.2) is 0 Å². The van der Waals surface area contributed by atoms with Gasteiger partial charge in [0.05, 0.1) is 0 Å². The molecule has 0 saturated heterocycles. The number of hydrogen-bond acceptors (Lipinski definition) is 4. The third kappa shape index (κ3) is 3.24. The van der Waals surface area contributed by atoms with Gasteiger partial charge >= 0.3 is 0 Å². The van der Waals surface area contributed by atoms with Crippen LogP contribution in [0.4, 0.5) is 5.69 Å². The number of carbonyl (C=O) groups excluding carboxylic acids is 1. The highest BCUT2D eigenvalue weighted by Crippen LogP contribution is 2.24. The molecule has 0 aliphatic heterocycles. The highest BCUT2D eigenvalue weighted by molar-refractivity contribution is 6.31. The van der Waals surface area contributed by atoms with Crippen LogP contribution in [0.15, 0.2) is 47.0 Å². The predicted octanol–water partition coefficient (Wildman–Crippen LogP) is 4.26. The van der Waals surface area contributed by atoms with Crippen LogP contribution in [-0.4, -0.2) is 16.0 Å². The maximum absolute atomic E-state index is 12.3. The van der Waals surface area contributed by atoms with E-state index < -0.39 is 0 Å². The number of anilines is 1. The van der Waals surface area contributed by atoms with Gasteiger partial charge in [0.15, 0.2) is 0 Å². The van der Waals surface area contributed by atoms with Gasteiger partial charge in [-0.05, 0) is 36.8 Å². The second-order valence-electron chi connectivity index (χ2n) is 5.08. The number of hydrogen-bond donors (Lipinski definition) is 1. The number of nitrogens with zero attached hydrogens (tertiary/aromatic N) is 2. The summed E-state index contributed by atoms with van der Waals surface area (Å²) in [7, 11) is 0. The second kappa shape index (κ2) is 6.22. The molecule has 0 bridgehead atoms. The van der Waals surface area contributed by atoms with E-state index in [-0.39, 0.29) is 5.91 Å². The van der Waals surface area contributed by atoms with E-state index in [1.54, 1.807) is 43.3 Å². The zero-order valence-corrected chi connectivity index (χ0v) is 13.4. The van der Waals surface area contributed by atoms with Crippen LogP contribution in [0.3, 0.4) is 0 Å². The van der Waals surface area contributed by atoms with Crippen molar-refractivity contribution in [2.45, 2.75) is 13.8 Å². The van der Waals surface area contributed by atoms with Crippen LogP contribution in [-0.2, 0) is 0 Å². The SMILES string of the molecule is Cc1nc(-c2ccc(C(=O)Nc3cccc(Cl)c3C)cc2)no1. The summed E-state index contributed by atoms with van der Waals surface area (Å²) < 4.78 is 4.95. The molecule has 0 atom stereocenters. The van der Waals surface area contributed by atoms with Crippen LogP contribution in [0.1, 0.15) is 21.8 Å². The first kappa shape index (κ1) is 15.2. The van der Waals surface area contributed by atoms with E-state index in [0.717, 1.165) is 11.1 Å². The lowest BCUT2D eigenvalue weighted by atomic mass is 10.1. The molecule has 0 fully saturated rings. The van der Waals surface area contributed by atoms with Crippen molar-refractivity contribution < 1.29 is 9.32 Å². The third-order valence-corrected chi connectivity index (χ3v) is 3.86. The van der Waals surface area contributed by atoms with Gasteiger partial charge in [0.1, 0.15) is 0 Å². The van der Waals surface area contributed by atoms with Crippen molar-refractivity contribution >= 4 is 23.2 Å². The molecule has 1 amide bonds. The molecular formula is C17H14ClN3O2. The predicted molar refractivity (Wildman–Crippen MR) is 88.6 cm³/mol. The average molecular weight is 328 g/mol. The Balaban J connectivity index is 1.79. The number of amides is 1. The Bertz CT molecular complexity index is 857. The molecule has 0 spiro atoms. The van der Waals surface area contributed by atoms with E-state index >= 15 is 0 Å². The molecule has 1 aromatic heterocycles. The molecule has 3 aromatic rings.